The van der Waals surface area contributed by atoms with Crippen molar-refractivity contribution >= 4 is 23.2 Å². The van der Waals surface area contributed by atoms with Gasteiger partial charge in [-0.1, -0.05) is 23.7 Å². The second kappa shape index (κ2) is 8.48. The maximum absolute atomic E-state index is 14.3. The van der Waals surface area contributed by atoms with Crippen LogP contribution in [-0.2, 0) is 6.54 Å². The van der Waals surface area contributed by atoms with Crippen LogP contribution in [-0.4, -0.2) is 29.9 Å². The van der Waals surface area contributed by atoms with Gasteiger partial charge in [-0.05, 0) is 24.6 Å². The molecule has 0 radical (unpaired) electrons. The van der Waals surface area contributed by atoms with Gasteiger partial charge in [0.05, 0.1) is 37.7 Å². The summed E-state index contributed by atoms with van der Waals surface area (Å²) in [6.07, 6.45) is 0. The summed E-state index contributed by atoms with van der Waals surface area (Å²) in [5.41, 5.74) is 1.15. The van der Waals surface area contributed by atoms with Crippen LogP contribution in [0.3, 0.4) is 0 Å². The number of hydrogen-bond acceptors (Lipinski definition) is 4. The predicted molar refractivity (Wildman–Crippen MR) is 105 cm³/mol. The minimum absolute atomic E-state index is 0.0882. The molecule has 152 valence electrons. The lowest BCUT2D eigenvalue weighted by atomic mass is 10.2. The fraction of sp³-hybridized carbons (Fsp3) is 0.200. The van der Waals surface area contributed by atoms with Gasteiger partial charge in [-0.3, -0.25) is 4.79 Å². The van der Waals surface area contributed by atoms with E-state index in [0.29, 0.717) is 5.69 Å². The molecule has 29 heavy (non-hydrogen) atoms. The van der Waals surface area contributed by atoms with E-state index in [2.05, 4.69) is 10.4 Å². The summed E-state index contributed by atoms with van der Waals surface area (Å²) in [5, 5.41) is 6.84. The smallest absolute Gasteiger partial charge is 0.260 e. The zero-order chi connectivity index (χ0) is 21.1. The van der Waals surface area contributed by atoms with Gasteiger partial charge in [-0.2, -0.15) is 5.10 Å². The van der Waals surface area contributed by atoms with E-state index in [1.54, 1.807) is 19.1 Å². The van der Waals surface area contributed by atoms with Crippen molar-refractivity contribution in [1.82, 2.24) is 9.78 Å². The Hall–Kier alpha value is -3.13. The number of amides is 1. The molecule has 0 saturated carbocycles. The number of carbonyl (C=O) groups is 1. The molecule has 1 N–H and O–H groups in total. The number of anilines is 1. The Morgan fingerprint density at radius 1 is 1.14 bits per heavy atom. The third kappa shape index (κ3) is 4.32. The van der Waals surface area contributed by atoms with Gasteiger partial charge in [0, 0.05) is 12.1 Å². The van der Waals surface area contributed by atoms with Gasteiger partial charge in [0.2, 0.25) is 0 Å². The van der Waals surface area contributed by atoms with Gasteiger partial charge >= 0.3 is 0 Å². The first-order chi connectivity index (χ1) is 13.8. The molecule has 3 rings (SSSR count). The quantitative estimate of drug-likeness (QED) is 0.639. The molecular formula is C20H18ClF2N3O3. The number of rotatable bonds is 6. The molecule has 0 unspecified atom stereocenters. The van der Waals surface area contributed by atoms with Crippen LogP contribution in [0.2, 0.25) is 5.15 Å². The SMILES string of the molecule is COc1cc(F)c(NC(=O)c2c(C)nn(Cc3ccc(F)cc3)c2Cl)cc1OC. The number of hydrogen-bond donors (Lipinski definition) is 1. The molecule has 0 spiro atoms. The van der Waals surface area contributed by atoms with E-state index < -0.39 is 11.7 Å². The number of methoxy groups -OCH3 is 2. The first kappa shape index (κ1) is 20.6. The highest BCUT2D eigenvalue weighted by molar-refractivity contribution is 6.33. The molecule has 0 atom stereocenters. The number of benzene rings is 2. The number of halogens is 3. The van der Waals surface area contributed by atoms with Crippen molar-refractivity contribution < 1.29 is 23.0 Å². The number of nitrogens with one attached hydrogen (secondary N) is 1. The Balaban J connectivity index is 1.86. The average molecular weight is 422 g/mol. The molecule has 1 heterocycles. The molecular weight excluding hydrogens is 404 g/mol. The number of nitrogens with zero attached hydrogens (tertiary/aromatic N) is 2. The van der Waals surface area contributed by atoms with Crippen molar-refractivity contribution in [2.75, 3.05) is 19.5 Å². The molecule has 9 heteroatoms. The molecule has 0 aliphatic heterocycles. The van der Waals surface area contributed by atoms with Crippen molar-refractivity contribution in [3.05, 3.63) is 70.0 Å². The second-order valence-corrected chi connectivity index (χ2v) is 6.53. The monoisotopic (exact) mass is 421 g/mol. The summed E-state index contributed by atoms with van der Waals surface area (Å²) in [5.74, 6) is -1.20. The van der Waals surface area contributed by atoms with Crippen LogP contribution in [0.4, 0.5) is 14.5 Å². The zero-order valence-electron chi connectivity index (χ0n) is 15.9. The first-order valence-electron chi connectivity index (χ1n) is 8.54. The second-order valence-electron chi connectivity index (χ2n) is 6.18. The fourth-order valence-electron chi connectivity index (χ4n) is 2.81. The standard InChI is InChI=1S/C20H18ClF2N3O3/c1-11-18(19(21)26(25-11)10-12-4-6-13(22)7-5-12)20(27)24-15-9-17(29-3)16(28-2)8-14(15)23/h4-9H,10H2,1-3H3,(H,24,27). The highest BCUT2D eigenvalue weighted by Gasteiger charge is 2.22. The Bertz CT molecular complexity index is 1050. The van der Waals surface area contributed by atoms with Crippen LogP contribution in [0.25, 0.3) is 0 Å². The van der Waals surface area contributed by atoms with Crippen molar-refractivity contribution in [3.8, 4) is 11.5 Å². The molecule has 6 nitrogen and oxygen atoms in total. The minimum Gasteiger partial charge on any atom is -0.493 e. The third-order valence-corrected chi connectivity index (χ3v) is 4.64. The van der Waals surface area contributed by atoms with Crippen molar-refractivity contribution in [1.29, 1.82) is 0 Å². The van der Waals surface area contributed by atoms with Gasteiger partial charge in [-0.15, -0.1) is 0 Å². The maximum Gasteiger partial charge on any atom is 0.260 e. The van der Waals surface area contributed by atoms with Gasteiger partial charge in [0.1, 0.15) is 11.0 Å². The number of aromatic nitrogens is 2. The number of carbonyl (C=O) groups excluding carboxylic acids is 1. The highest BCUT2D eigenvalue weighted by atomic mass is 35.5. The Labute approximate surface area is 171 Å². The molecule has 1 amide bonds. The summed E-state index contributed by atoms with van der Waals surface area (Å²) in [6.45, 7) is 1.87. The molecule has 2 aromatic carbocycles. The van der Waals surface area contributed by atoms with E-state index in [1.807, 2.05) is 0 Å². The van der Waals surface area contributed by atoms with Crippen LogP contribution < -0.4 is 14.8 Å². The molecule has 0 bridgehead atoms. The first-order valence-corrected chi connectivity index (χ1v) is 8.92. The lowest BCUT2D eigenvalue weighted by molar-refractivity contribution is 0.102. The molecule has 0 saturated heterocycles. The lowest BCUT2D eigenvalue weighted by Gasteiger charge is -2.12. The van der Waals surface area contributed by atoms with E-state index in [4.69, 9.17) is 21.1 Å². The van der Waals surface area contributed by atoms with Gasteiger partial charge < -0.3 is 14.8 Å². The lowest BCUT2D eigenvalue weighted by Crippen LogP contribution is -2.14. The zero-order valence-corrected chi connectivity index (χ0v) is 16.7. The van der Waals surface area contributed by atoms with Crippen LogP contribution >= 0.6 is 11.6 Å². The van der Waals surface area contributed by atoms with Crippen molar-refractivity contribution in [3.63, 3.8) is 0 Å². The normalized spacial score (nSPS) is 10.7. The average Bonchev–Trinajstić information content (AvgIpc) is 2.97. The highest BCUT2D eigenvalue weighted by Crippen LogP contribution is 2.33. The summed E-state index contributed by atoms with van der Waals surface area (Å²) in [4.78, 5) is 12.7. The van der Waals surface area contributed by atoms with E-state index in [-0.39, 0.29) is 40.3 Å². The molecule has 0 fully saturated rings. The molecule has 0 aliphatic rings. The number of ether oxygens (including phenoxy) is 2. The summed E-state index contributed by atoms with van der Waals surface area (Å²) in [6, 6.07) is 8.28. The van der Waals surface area contributed by atoms with E-state index in [1.165, 1.54) is 37.1 Å². The van der Waals surface area contributed by atoms with Crippen molar-refractivity contribution in [2.24, 2.45) is 0 Å². The fourth-order valence-corrected chi connectivity index (χ4v) is 3.13. The molecule has 3 aromatic rings. The Kier molecular flexibility index (Phi) is 6.03. The topological polar surface area (TPSA) is 65.4 Å². The summed E-state index contributed by atoms with van der Waals surface area (Å²) in [7, 11) is 2.79. The van der Waals surface area contributed by atoms with E-state index in [0.717, 1.165) is 11.6 Å². The number of aryl methyl sites for hydroxylation is 1. The largest absolute Gasteiger partial charge is 0.493 e. The van der Waals surface area contributed by atoms with Crippen LogP contribution in [0.15, 0.2) is 36.4 Å². The van der Waals surface area contributed by atoms with Gasteiger partial charge in [0.25, 0.3) is 5.91 Å². The van der Waals surface area contributed by atoms with Gasteiger partial charge in [0.15, 0.2) is 17.3 Å². The van der Waals surface area contributed by atoms with Crippen LogP contribution in [0, 0.1) is 18.6 Å². The van der Waals surface area contributed by atoms with Crippen LogP contribution in [0.5, 0.6) is 11.5 Å². The van der Waals surface area contributed by atoms with Crippen LogP contribution in [0.1, 0.15) is 21.6 Å². The molecule has 1 aromatic heterocycles. The maximum atomic E-state index is 14.3. The third-order valence-electron chi connectivity index (χ3n) is 4.26. The predicted octanol–water partition coefficient (Wildman–Crippen LogP) is 4.44. The van der Waals surface area contributed by atoms with Gasteiger partial charge in [-0.25, -0.2) is 13.5 Å². The minimum atomic E-state index is -0.691. The van der Waals surface area contributed by atoms with Crippen molar-refractivity contribution in [2.45, 2.75) is 13.5 Å². The Morgan fingerprint density at radius 2 is 1.76 bits per heavy atom. The molecule has 0 aliphatic carbocycles. The Morgan fingerprint density at radius 3 is 2.38 bits per heavy atom. The van der Waals surface area contributed by atoms with E-state index >= 15 is 0 Å². The van der Waals surface area contributed by atoms with E-state index in [9.17, 15) is 13.6 Å². The summed E-state index contributed by atoms with van der Waals surface area (Å²) < 4.78 is 39.0. The summed E-state index contributed by atoms with van der Waals surface area (Å²) >= 11 is 6.35.